The van der Waals surface area contributed by atoms with E-state index < -0.39 is 0 Å². The number of imidazole rings is 1. The SMILES string of the molecule is Cc1cccn2cc(CNc3nc(-c4cnccn4)nc4sc5c(c34)CCCC5)nc12. The number of nitrogens with one attached hydrogen (secondary N) is 1. The first kappa shape index (κ1) is 18.4. The van der Waals surface area contributed by atoms with Crippen molar-refractivity contribution in [1.29, 1.82) is 0 Å². The third kappa shape index (κ3) is 3.23. The van der Waals surface area contributed by atoms with Crippen LogP contribution in [-0.4, -0.2) is 29.3 Å². The summed E-state index contributed by atoms with van der Waals surface area (Å²) >= 11 is 1.79. The monoisotopic (exact) mass is 427 g/mol. The Morgan fingerprint density at radius 3 is 2.94 bits per heavy atom. The third-order valence-corrected chi connectivity index (χ3v) is 6.96. The Kier molecular flexibility index (Phi) is 4.38. The molecule has 0 aromatic carbocycles. The standard InChI is InChI=1S/C23H21N7S/c1-14-5-4-10-30-13-15(27-22(14)30)11-26-21-19-16-6-2-3-7-18(16)31-23(19)29-20(28-21)17-12-24-8-9-25-17/h4-5,8-10,12-13H,2-3,6-7,11H2,1H3,(H,26,28,29). The van der Waals surface area contributed by atoms with E-state index in [1.54, 1.807) is 29.9 Å². The highest BCUT2D eigenvalue weighted by Gasteiger charge is 2.22. The highest BCUT2D eigenvalue weighted by Crippen LogP contribution is 2.39. The maximum absolute atomic E-state index is 4.89. The van der Waals surface area contributed by atoms with Gasteiger partial charge < -0.3 is 9.72 Å². The number of hydrogen-bond donors (Lipinski definition) is 1. The van der Waals surface area contributed by atoms with Crippen molar-refractivity contribution in [3.8, 4) is 11.5 Å². The fourth-order valence-electron chi connectivity index (χ4n) is 4.28. The molecule has 0 spiro atoms. The smallest absolute Gasteiger partial charge is 0.183 e. The minimum absolute atomic E-state index is 0.595. The van der Waals surface area contributed by atoms with Gasteiger partial charge in [-0.3, -0.25) is 4.98 Å². The van der Waals surface area contributed by atoms with Gasteiger partial charge in [-0.25, -0.2) is 19.9 Å². The number of nitrogens with zero attached hydrogens (tertiary/aromatic N) is 6. The first-order valence-electron chi connectivity index (χ1n) is 10.5. The minimum atomic E-state index is 0.595. The summed E-state index contributed by atoms with van der Waals surface area (Å²) in [6.45, 7) is 2.68. The second kappa shape index (κ2) is 7.39. The van der Waals surface area contributed by atoms with Crippen LogP contribution in [0.4, 0.5) is 5.82 Å². The summed E-state index contributed by atoms with van der Waals surface area (Å²) in [5.41, 5.74) is 5.22. The summed E-state index contributed by atoms with van der Waals surface area (Å²) in [5, 5.41) is 4.72. The molecule has 8 heteroatoms. The predicted molar refractivity (Wildman–Crippen MR) is 122 cm³/mol. The van der Waals surface area contributed by atoms with Gasteiger partial charge in [-0.1, -0.05) is 6.07 Å². The van der Waals surface area contributed by atoms with Crippen LogP contribution in [0.2, 0.25) is 0 Å². The van der Waals surface area contributed by atoms with Crippen LogP contribution >= 0.6 is 11.3 Å². The van der Waals surface area contributed by atoms with Crippen LogP contribution in [0.3, 0.4) is 0 Å². The lowest BCUT2D eigenvalue weighted by atomic mass is 9.97. The van der Waals surface area contributed by atoms with Gasteiger partial charge in [0.15, 0.2) is 5.82 Å². The van der Waals surface area contributed by atoms with Crippen LogP contribution in [0.1, 0.15) is 34.5 Å². The van der Waals surface area contributed by atoms with E-state index in [0.29, 0.717) is 18.1 Å². The van der Waals surface area contributed by atoms with Gasteiger partial charge in [0.25, 0.3) is 0 Å². The third-order valence-electron chi connectivity index (χ3n) is 5.77. The van der Waals surface area contributed by atoms with E-state index in [4.69, 9.17) is 15.0 Å². The fraction of sp³-hybridized carbons (Fsp3) is 0.261. The van der Waals surface area contributed by atoms with Crippen molar-refractivity contribution in [3.63, 3.8) is 0 Å². The number of rotatable bonds is 4. The lowest BCUT2D eigenvalue weighted by molar-refractivity contribution is 0.700. The summed E-state index contributed by atoms with van der Waals surface area (Å²) in [7, 11) is 0. The van der Waals surface area contributed by atoms with Gasteiger partial charge in [0.2, 0.25) is 0 Å². The van der Waals surface area contributed by atoms with E-state index in [1.807, 2.05) is 12.3 Å². The molecule has 0 fully saturated rings. The maximum atomic E-state index is 4.89. The normalized spacial score (nSPS) is 13.6. The van der Waals surface area contributed by atoms with Crippen LogP contribution in [0, 0.1) is 6.92 Å². The second-order valence-electron chi connectivity index (χ2n) is 7.89. The molecule has 0 unspecified atom stereocenters. The molecule has 154 valence electrons. The molecule has 1 N–H and O–H groups in total. The van der Waals surface area contributed by atoms with Crippen molar-refractivity contribution in [2.24, 2.45) is 0 Å². The van der Waals surface area contributed by atoms with Gasteiger partial charge in [0.1, 0.15) is 22.0 Å². The summed E-state index contributed by atoms with van der Waals surface area (Å²) in [6, 6.07) is 4.12. The van der Waals surface area contributed by atoms with Gasteiger partial charge in [-0.15, -0.1) is 11.3 Å². The molecule has 0 atom stereocenters. The molecule has 1 aliphatic rings. The molecule has 0 bridgehead atoms. The lowest BCUT2D eigenvalue weighted by Gasteiger charge is -2.13. The molecule has 0 amide bonds. The first-order chi connectivity index (χ1) is 15.3. The zero-order chi connectivity index (χ0) is 20.8. The Hall–Kier alpha value is -3.39. The van der Waals surface area contributed by atoms with Crippen LogP contribution in [-0.2, 0) is 19.4 Å². The van der Waals surface area contributed by atoms with Gasteiger partial charge in [-0.05, 0) is 49.8 Å². The highest BCUT2D eigenvalue weighted by atomic mass is 32.1. The van der Waals surface area contributed by atoms with Crippen LogP contribution in [0.25, 0.3) is 27.4 Å². The molecule has 31 heavy (non-hydrogen) atoms. The predicted octanol–water partition coefficient (Wildman–Crippen LogP) is 4.60. The quantitative estimate of drug-likeness (QED) is 0.452. The van der Waals surface area contributed by atoms with E-state index in [-0.39, 0.29) is 0 Å². The van der Waals surface area contributed by atoms with E-state index in [1.165, 1.54) is 23.3 Å². The molecule has 5 heterocycles. The molecule has 7 nitrogen and oxygen atoms in total. The lowest BCUT2D eigenvalue weighted by Crippen LogP contribution is -2.06. The zero-order valence-corrected chi connectivity index (χ0v) is 18.0. The molecule has 0 aliphatic heterocycles. The minimum Gasteiger partial charge on any atom is -0.364 e. The number of aryl methyl sites for hydroxylation is 3. The van der Waals surface area contributed by atoms with Crippen LogP contribution in [0.15, 0.2) is 43.1 Å². The summed E-state index contributed by atoms with van der Waals surface area (Å²) < 4.78 is 2.07. The maximum Gasteiger partial charge on any atom is 0.183 e. The molecule has 6 rings (SSSR count). The Labute approximate surface area is 183 Å². The molecule has 0 saturated heterocycles. The van der Waals surface area contributed by atoms with Crippen molar-refractivity contribution in [2.45, 2.75) is 39.2 Å². The van der Waals surface area contributed by atoms with E-state index >= 15 is 0 Å². The highest BCUT2D eigenvalue weighted by molar-refractivity contribution is 7.19. The van der Waals surface area contributed by atoms with Crippen molar-refractivity contribution in [1.82, 2.24) is 29.3 Å². The summed E-state index contributed by atoms with van der Waals surface area (Å²) in [5.74, 6) is 1.46. The van der Waals surface area contributed by atoms with Crippen LogP contribution in [0.5, 0.6) is 0 Å². The summed E-state index contributed by atoms with van der Waals surface area (Å²) in [4.78, 5) is 25.6. The molecular weight excluding hydrogens is 406 g/mol. The molecular formula is C23H21N7S. The van der Waals surface area contributed by atoms with E-state index in [9.17, 15) is 0 Å². The van der Waals surface area contributed by atoms with Gasteiger partial charge in [0, 0.05) is 29.7 Å². The Balaban J connectivity index is 1.43. The number of aromatic nitrogens is 6. The van der Waals surface area contributed by atoms with Crippen molar-refractivity contribution >= 4 is 33.0 Å². The van der Waals surface area contributed by atoms with Gasteiger partial charge in [-0.2, -0.15) is 0 Å². The Bertz CT molecular complexity index is 1400. The second-order valence-corrected chi connectivity index (χ2v) is 8.97. The molecule has 5 aromatic heterocycles. The van der Waals surface area contributed by atoms with Crippen molar-refractivity contribution in [2.75, 3.05) is 5.32 Å². The average Bonchev–Trinajstić information content (AvgIpc) is 3.40. The largest absolute Gasteiger partial charge is 0.364 e. The number of pyridine rings is 1. The van der Waals surface area contributed by atoms with Gasteiger partial charge >= 0.3 is 0 Å². The number of hydrogen-bond acceptors (Lipinski definition) is 7. The molecule has 1 aliphatic carbocycles. The summed E-state index contributed by atoms with van der Waals surface area (Å²) in [6.07, 6.45) is 13.8. The molecule has 0 radical (unpaired) electrons. The van der Waals surface area contributed by atoms with E-state index in [0.717, 1.165) is 45.8 Å². The average molecular weight is 428 g/mol. The van der Waals surface area contributed by atoms with Crippen molar-refractivity contribution in [3.05, 3.63) is 64.8 Å². The first-order valence-corrected chi connectivity index (χ1v) is 11.3. The van der Waals surface area contributed by atoms with Gasteiger partial charge in [0.05, 0.1) is 23.8 Å². The number of fused-ring (bicyclic) bond motifs is 4. The molecule has 5 aromatic rings. The zero-order valence-electron chi connectivity index (χ0n) is 17.2. The number of anilines is 1. The van der Waals surface area contributed by atoms with E-state index in [2.05, 4.69) is 38.9 Å². The topological polar surface area (TPSA) is 80.9 Å². The molecule has 0 saturated carbocycles. The Morgan fingerprint density at radius 2 is 2.06 bits per heavy atom. The number of thiophene rings is 1. The Morgan fingerprint density at radius 1 is 1.13 bits per heavy atom. The van der Waals surface area contributed by atoms with Crippen molar-refractivity contribution < 1.29 is 0 Å². The fourth-order valence-corrected chi connectivity index (χ4v) is 5.54. The van der Waals surface area contributed by atoms with Crippen LogP contribution < -0.4 is 5.32 Å².